The third-order valence-corrected chi connectivity index (χ3v) is 3.38. The molecule has 0 saturated heterocycles. The van der Waals surface area contributed by atoms with Gasteiger partial charge in [0, 0.05) is 18.7 Å². The Morgan fingerprint density at radius 1 is 1.41 bits per heavy atom. The van der Waals surface area contributed by atoms with E-state index in [0.717, 1.165) is 12.1 Å². The van der Waals surface area contributed by atoms with E-state index in [4.69, 9.17) is 11.5 Å². The van der Waals surface area contributed by atoms with Crippen LogP contribution in [0.2, 0.25) is 0 Å². The Bertz CT molecular complexity index is 530. The largest absolute Gasteiger partial charge is 0.399 e. The number of halogens is 1. The van der Waals surface area contributed by atoms with Crippen LogP contribution in [0.15, 0.2) is 23.1 Å². The van der Waals surface area contributed by atoms with Crippen LogP contribution in [0.5, 0.6) is 0 Å². The van der Waals surface area contributed by atoms with Crippen LogP contribution >= 0.6 is 0 Å². The summed E-state index contributed by atoms with van der Waals surface area (Å²) in [5.74, 6) is -1.56. The van der Waals surface area contributed by atoms with Crippen molar-refractivity contribution in [3.63, 3.8) is 0 Å². The molecule has 0 heterocycles. The lowest BCUT2D eigenvalue weighted by Crippen LogP contribution is -2.28. The quantitative estimate of drug-likeness (QED) is 0.623. The summed E-state index contributed by atoms with van der Waals surface area (Å²) in [7, 11) is -4.02. The van der Waals surface area contributed by atoms with Gasteiger partial charge in [-0.1, -0.05) is 0 Å². The number of rotatable bonds is 5. The highest BCUT2D eigenvalue weighted by atomic mass is 32.2. The van der Waals surface area contributed by atoms with E-state index in [-0.39, 0.29) is 18.7 Å². The molecule has 0 fully saturated rings. The van der Waals surface area contributed by atoms with E-state index in [1.54, 1.807) is 0 Å². The van der Waals surface area contributed by atoms with Crippen LogP contribution in [-0.2, 0) is 14.8 Å². The maximum absolute atomic E-state index is 13.3. The van der Waals surface area contributed by atoms with Gasteiger partial charge in [-0.2, -0.15) is 0 Å². The minimum absolute atomic E-state index is 0.127. The first-order chi connectivity index (χ1) is 7.83. The van der Waals surface area contributed by atoms with Crippen molar-refractivity contribution < 1.29 is 17.6 Å². The molecule has 17 heavy (non-hydrogen) atoms. The Morgan fingerprint density at radius 3 is 2.65 bits per heavy atom. The predicted molar refractivity (Wildman–Crippen MR) is 59.8 cm³/mol. The number of carbonyl (C=O) groups excluding carboxylic acids is 1. The molecule has 0 saturated carbocycles. The first kappa shape index (κ1) is 13.4. The highest BCUT2D eigenvalue weighted by molar-refractivity contribution is 7.89. The molecule has 8 heteroatoms. The van der Waals surface area contributed by atoms with E-state index in [1.165, 1.54) is 6.07 Å². The van der Waals surface area contributed by atoms with Gasteiger partial charge in [-0.25, -0.2) is 17.5 Å². The molecule has 0 aliphatic rings. The van der Waals surface area contributed by atoms with Gasteiger partial charge in [-0.05, 0) is 18.2 Å². The smallest absolute Gasteiger partial charge is 0.243 e. The fourth-order valence-electron chi connectivity index (χ4n) is 1.11. The minimum Gasteiger partial charge on any atom is -0.399 e. The molecule has 0 radical (unpaired) electrons. The van der Waals surface area contributed by atoms with Gasteiger partial charge in [0.1, 0.15) is 10.7 Å². The lowest BCUT2D eigenvalue weighted by molar-refractivity contribution is -0.117. The minimum atomic E-state index is -4.02. The Morgan fingerprint density at radius 2 is 2.06 bits per heavy atom. The van der Waals surface area contributed by atoms with E-state index >= 15 is 0 Å². The summed E-state index contributed by atoms with van der Waals surface area (Å²) in [5.41, 5.74) is 10.3. The van der Waals surface area contributed by atoms with Crippen LogP contribution in [0.3, 0.4) is 0 Å². The third-order valence-electron chi connectivity index (χ3n) is 1.91. The van der Waals surface area contributed by atoms with Crippen molar-refractivity contribution in [1.29, 1.82) is 0 Å². The molecule has 1 aromatic rings. The number of hydrogen-bond donors (Lipinski definition) is 3. The predicted octanol–water partition coefficient (Wildman–Crippen LogP) is -0.438. The van der Waals surface area contributed by atoms with Crippen LogP contribution < -0.4 is 16.2 Å². The zero-order valence-electron chi connectivity index (χ0n) is 8.81. The maximum Gasteiger partial charge on any atom is 0.243 e. The highest BCUT2D eigenvalue weighted by Gasteiger charge is 2.18. The second-order valence-corrected chi connectivity index (χ2v) is 5.04. The van der Waals surface area contributed by atoms with E-state index < -0.39 is 26.6 Å². The normalized spacial score (nSPS) is 11.4. The molecule has 0 atom stereocenters. The third kappa shape index (κ3) is 3.68. The number of hydrogen-bond acceptors (Lipinski definition) is 4. The topological polar surface area (TPSA) is 115 Å². The van der Waals surface area contributed by atoms with Crippen LogP contribution in [0, 0.1) is 5.82 Å². The van der Waals surface area contributed by atoms with Crippen molar-refractivity contribution in [3.05, 3.63) is 24.0 Å². The zero-order chi connectivity index (χ0) is 13.1. The average molecular weight is 261 g/mol. The van der Waals surface area contributed by atoms with Crippen molar-refractivity contribution in [1.82, 2.24) is 4.72 Å². The van der Waals surface area contributed by atoms with Crippen LogP contribution in [-0.4, -0.2) is 20.9 Å². The summed E-state index contributed by atoms with van der Waals surface area (Å²) in [6.45, 7) is -0.189. The van der Waals surface area contributed by atoms with Gasteiger partial charge in [0.15, 0.2) is 0 Å². The van der Waals surface area contributed by atoms with Gasteiger partial charge < -0.3 is 11.5 Å². The van der Waals surface area contributed by atoms with E-state index in [0.29, 0.717) is 0 Å². The number of nitrogens with one attached hydrogen (secondary N) is 1. The molecule has 1 amide bonds. The molecule has 0 unspecified atom stereocenters. The molecule has 0 bridgehead atoms. The number of sulfonamides is 1. The summed E-state index contributed by atoms with van der Waals surface area (Å²) >= 11 is 0. The van der Waals surface area contributed by atoms with Gasteiger partial charge in [0.2, 0.25) is 15.9 Å². The van der Waals surface area contributed by atoms with Gasteiger partial charge in [-0.3, -0.25) is 4.79 Å². The number of amides is 1. The number of carbonyl (C=O) groups is 1. The Labute approximate surface area is 97.8 Å². The van der Waals surface area contributed by atoms with Crippen molar-refractivity contribution in [3.8, 4) is 0 Å². The van der Waals surface area contributed by atoms with Crippen LogP contribution in [0.4, 0.5) is 10.1 Å². The first-order valence-electron chi connectivity index (χ1n) is 4.66. The second-order valence-electron chi connectivity index (χ2n) is 3.30. The Balaban J connectivity index is 2.89. The van der Waals surface area contributed by atoms with E-state index in [1.807, 2.05) is 0 Å². The average Bonchev–Trinajstić information content (AvgIpc) is 2.20. The zero-order valence-corrected chi connectivity index (χ0v) is 9.63. The molecule has 0 aromatic heterocycles. The number of nitrogen functional groups attached to an aromatic ring is 1. The number of anilines is 1. The van der Waals surface area contributed by atoms with Crippen molar-refractivity contribution in [2.24, 2.45) is 5.73 Å². The van der Waals surface area contributed by atoms with Crippen molar-refractivity contribution in [2.45, 2.75) is 11.3 Å². The Hall–Kier alpha value is -1.67. The van der Waals surface area contributed by atoms with Gasteiger partial charge in [-0.15, -0.1) is 0 Å². The second kappa shape index (κ2) is 5.11. The molecule has 1 aromatic carbocycles. The highest BCUT2D eigenvalue weighted by Crippen LogP contribution is 2.17. The van der Waals surface area contributed by atoms with Gasteiger partial charge in [0.05, 0.1) is 0 Å². The first-order valence-corrected chi connectivity index (χ1v) is 6.14. The summed E-state index contributed by atoms with van der Waals surface area (Å²) in [4.78, 5) is 9.88. The molecular weight excluding hydrogens is 249 g/mol. The summed E-state index contributed by atoms with van der Waals surface area (Å²) in [6, 6.07) is 3.21. The summed E-state index contributed by atoms with van der Waals surface area (Å²) in [6.07, 6.45) is -0.164. The molecule has 0 spiro atoms. The molecule has 1 rings (SSSR count). The lowest BCUT2D eigenvalue weighted by Gasteiger charge is -2.07. The van der Waals surface area contributed by atoms with Crippen molar-refractivity contribution >= 4 is 21.6 Å². The van der Waals surface area contributed by atoms with Gasteiger partial charge >= 0.3 is 0 Å². The van der Waals surface area contributed by atoms with Gasteiger partial charge in [0.25, 0.3) is 0 Å². The SMILES string of the molecule is NC(=O)CCNS(=O)(=O)c1cc(N)ccc1F. The van der Waals surface area contributed by atoms with E-state index in [9.17, 15) is 17.6 Å². The fraction of sp³-hybridized carbons (Fsp3) is 0.222. The number of primary amides is 1. The molecule has 94 valence electrons. The maximum atomic E-state index is 13.3. The Kier molecular flexibility index (Phi) is 4.02. The fourth-order valence-corrected chi connectivity index (χ4v) is 2.25. The number of benzene rings is 1. The monoisotopic (exact) mass is 261 g/mol. The molecule has 5 N–H and O–H groups in total. The molecule has 0 aliphatic heterocycles. The van der Waals surface area contributed by atoms with Crippen LogP contribution in [0.1, 0.15) is 6.42 Å². The molecule has 6 nitrogen and oxygen atoms in total. The number of nitrogens with two attached hydrogens (primary N) is 2. The summed E-state index contributed by atoms with van der Waals surface area (Å²) in [5, 5.41) is 0. The standard InChI is InChI=1S/C9H12FN3O3S/c10-7-2-1-6(11)5-8(7)17(15,16)13-4-3-9(12)14/h1-2,5,13H,3-4,11H2,(H2,12,14). The van der Waals surface area contributed by atoms with E-state index in [2.05, 4.69) is 4.72 Å². The van der Waals surface area contributed by atoms with Crippen molar-refractivity contribution in [2.75, 3.05) is 12.3 Å². The van der Waals surface area contributed by atoms with Crippen LogP contribution in [0.25, 0.3) is 0 Å². The summed E-state index contributed by atoms with van der Waals surface area (Å²) < 4.78 is 38.6. The molecular formula is C9H12FN3O3S. The molecule has 0 aliphatic carbocycles. The lowest BCUT2D eigenvalue weighted by atomic mass is 10.3.